The molecule has 3 aromatic carbocycles. The number of carbonyl (C=O) groups is 2. The first kappa shape index (κ1) is 28.4. The Labute approximate surface area is 223 Å². The second-order valence-electron chi connectivity index (χ2n) is 8.60. The third kappa shape index (κ3) is 7.64. The zero-order valence-electron chi connectivity index (χ0n) is 21.1. The molecule has 0 bridgehead atoms. The summed E-state index contributed by atoms with van der Waals surface area (Å²) in [7, 11) is -2.10. The first-order valence-corrected chi connectivity index (χ1v) is 13.8. The molecule has 37 heavy (non-hydrogen) atoms. The van der Waals surface area contributed by atoms with Crippen molar-refractivity contribution in [2.45, 2.75) is 36.2 Å². The highest BCUT2D eigenvalue weighted by molar-refractivity contribution is 7.91. The maximum absolute atomic E-state index is 13.2. The summed E-state index contributed by atoms with van der Waals surface area (Å²) in [5.41, 5.74) is 2.08. The summed E-state index contributed by atoms with van der Waals surface area (Å²) in [5, 5.41) is 3.85. The van der Waals surface area contributed by atoms with Crippen LogP contribution in [0, 0.1) is 0 Å². The number of amides is 1. The average Bonchev–Trinajstić information content (AvgIpc) is 2.89. The number of nitrogens with one attached hydrogen (secondary N) is 1. The highest BCUT2D eigenvalue weighted by Gasteiger charge is 2.20. The number of esters is 1. The van der Waals surface area contributed by atoms with Crippen molar-refractivity contribution in [2.75, 3.05) is 26.7 Å². The van der Waals surface area contributed by atoms with Crippen LogP contribution in [0.25, 0.3) is 0 Å². The number of rotatable bonds is 11. The minimum absolute atomic E-state index is 0.0785. The smallest absolute Gasteiger partial charge is 0.303 e. The van der Waals surface area contributed by atoms with Crippen molar-refractivity contribution in [3.05, 3.63) is 94.5 Å². The maximum atomic E-state index is 13.2. The number of sulfone groups is 1. The Bertz CT molecular complexity index is 1340. The van der Waals surface area contributed by atoms with Gasteiger partial charge in [0, 0.05) is 37.6 Å². The average molecular weight is 543 g/mol. The molecule has 0 heterocycles. The summed E-state index contributed by atoms with van der Waals surface area (Å²) >= 11 is 6.07. The van der Waals surface area contributed by atoms with Gasteiger partial charge in [0.25, 0.3) is 5.91 Å². The second kappa shape index (κ2) is 12.9. The molecule has 196 valence electrons. The lowest BCUT2D eigenvalue weighted by Crippen LogP contribution is -2.26. The van der Waals surface area contributed by atoms with E-state index in [9.17, 15) is 18.0 Å². The van der Waals surface area contributed by atoms with E-state index in [1.165, 1.54) is 24.0 Å². The molecule has 0 aliphatic rings. The van der Waals surface area contributed by atoms with Crippen molar-refractivity contribution >= 4 is 33.3 Å². The fourth-order valence-corrected chi connectivity index (χ4v) is 5.24. The molecule has 9 heteroatoms. The van der Waals surface area contributed by atoms with Gasteiger partial charge in [-0.3, -0.25) is 9.59 Å². The molecule has 0 aromatic heterocycles. The molecule has 0 aliphatic carbocycles. The lowest BCUT2D eigenvalue weighted by Gasteiger charge is -2.18. The first-order valence-electron chi connectivity index (χ1n) is 11.9. The van der Waals surface area contributed by atoms with Crippen molar-refractivity contribution in [3.63, 3.8) is 0 Å². The van der Waals surface area contributed by atoms with Crippen molar-refractivity contribution in [1.29, 1.82) is 0 Å². The molecule has 0 unspecified atom stereocenters. The van der Waals surface area contributed by atoms with Gasteiger partial charge in [-0.2, -0.15) is 0 Å². The minimum atomic E-state index is -3.77. The molecule has 1 N–H and O–H groups in total. The van der Waals surface area contributed by atoms with Crippen LogP contribution in [0.3, 0.4) is 0 Å². The predicted octanol–water partition coefficient (Wildman–Crippen LogP) is 4.70. The summed E-state index contributed by atoms with van der Waals surface area (Å²) in [6.45, 7) is 4.75. The van der Waals surface area contributed by atoms with E-state index in [1.807, 2.05) is 19.1 Å². The van der Waals surface area contributed by atoms with E-state index < -0.39 is 15.9 Å². The van der Waals surface area contributed by atoms with Crippen molar-refractivity contribution < 1.29 is 22.7 Å². The Morgan fingerprint density at radius 2 is 1.70 bits per heavy atom. The summed E-state index contributed by atoms with van der Waals surface area (Å²) in [5.74, 6) is -0.607. The molecule has 0 saturated carbocycles. The van der Waals surface area contributed by atoms with Gasteiger partial charge in [-0.25, -0.2) is 8.42 Å². The summed E-state index contributed by atoms with van der Waals surface area (Å²) in [6.07, 6.45) is 0.180. The van der Waals surface area contributed by atoms with E-state index in [1.54, 1.807) is 55.6 Å². The molecule has 0 radical (unpaired) electrons. The Morgan fingerprint density at radius 1 is 1.00 bits per heavy atom. The van der Waals surface area contributed by atoms with E-state index in [2.05, 4.69) is 5.32 Å². The topological polar surface area (TPSA) is 92.8 Å². The number of halogens is 1. The fourth-order valence-electron chi connectivity index (χ4n) is 3.73. The first-order chi connectivity index (χ1) is 17.6. The second-order valence-corrected chi connectivity index (χ2v) is 11.0. The molecule has 7 nitrogen and oxygen atoms in total. The van der Waals surface area contributed by atoms with Gasteiger partial charge < -0.3 is 15.0 Å². The Hall–Kier alpha value is -3.20. The number of hydrogen-bond donors (Lipinski definition) is 1. The van der Waals surface area contributed by atoms with Crippen LogP contribution in [0.15, 0.2) is 82.6 Å². The molecule has 0 fully saturated rings. The Balaban J connectivity index is 1.62. The SMILES string of the molecule is CCN(C)C(=O)c1cccc(S(=O)(=O)c2ccc(CCNC[C@@H](OC(C)=O)c3cccc(Cl)c3)cc2)c1. The van der Waals surface area contributed by atoms with Crippen LogP contribution in [0.4, 0.5) is 0 Å². The monoisotopic (exact) mass is 542 g/mol. The highest BCUT2D eigenvalue weighted by Crippen LogP contribution is 2.23. The van der Waals surface area contributed by atoms with Gasteiger partial charge in [0.1, 0.15) is 6.10 Å². The van der Waals surface area contributed by atoms with Crippen molar-refractivity contribution in [3.8, 4) is 0 Å². The Kier molecular flexibility index (Phi) is 9.86. The number of nitrogens with zero attached hydrogens (tertiary/aromatic N) is 1. The van der Waals surface area contributed by atoms with Gasteiger partial charge in [0.05, 0.1) is 9.79 Å². The van der Waals surface area contributed by atoms with Gasteiger partial charge in [-0.1, -0.05) is 41.9 Å². The summed E-state index contributed by atoms with van der Waals surface area (Å²) in [4.78, 5) is 25.7. The molecule has 3 aromatic rings. The summed E-state index contributed by atoms with van der Waals surface area (Å²) in [6, 6.07) is 20.0. The van der Waals surface area contributed by atoms with Crippen molar-refractivity contribution in [2.24, 2.45) is 0 Å². The largest absolute Gasteiger partial charge is 0.456 e. The molecule has 1 amide bonds. The minimum Gasteiger partial charge on any atom is -0.456 e. The van der Waals surface area contributed by atoms with Gasteiger partial charge >= 0.3 is 5.97 Å². The van der Waals surface area contributed by atoms with Gasteiger partial charge in [0.2, 0.25) is 9.84 Å². The standard InChI is InChI=1S/C28H31ClN2O5S/c1-4-31(3)28(33)23-8-6-10-26(18-23)37(34,35)25-13-11-21(12-14-25)15-16-30-19-27(36-20(2)32)22-7-5-9-24(29)17-22/h5-14,17-18,27,30H,4,15-16,19H2,1-3H3/t27-/m1/s1. The lowest BCUT2D eigenvalue weighted by atomic mass is 10.1. The molecule has 0 spiro atoms. The van der Waals surface area contributed by atoms with E-state index >= 15 is 0 Å². The molecule has 0 saturated heterocycles. The lowest BCUT2D eigenvalue weighted by molar-refractivity contribution is -0.146. The fraction of sp³-hybridized carbons (Fsp3) is 0.286. The number of hydrogen-bond acceptors (Lipinski definition) is 6. The molecule has 0 aliphatic heterocycles. The molecule has 3 rings (SSSR count). The van der Waals surface area contributed by atoms with E-state index in [-0.39, 0.29) is 21.7 Å². The quantitative estimate of drug-likeness (QED) is 0.279. The zero-order valence-corrected chi connectivity index (χ0v) is 22.7. The van der Waals surface area contributed by atoms with Crippen molar-refractivity contribution in [1.82, 2.24) is 10.2 Å². The maximum Gasteiger partial charge on any atom is 0.303 e. The van der Waals surface area contributed by atoms with Gasteiger partial charge in [-0.15, -0.1) is 0 Å². The van der Waals surface area contributed by atoms with Crippen LogP contribution in [-0.4, -0.2) is 51.9 Å². The van der Waals surface area contributed by atoms with Crippen LogP contribution in [-0.2, 0) is 25.8 Å². The highest BCUT2D eigenvalue weighted by atomic mass is 35.5. The van der Waals surface area contributed by atoms with Gasteiger partial charge in [0.15, 0.2) is 0 Å². The number of carbonyl (C=O) groups excluding carboxylic acids is 2. The zero-order chi connectivity index (χ0) is 27.0. The van der Waals surface area contributed by atoms with E-state index in [0.717, 1.165) is 11.1 Å². The molecular weight excluding hydrogens is 512 g/mol. The van der Waals surface area contributed by atoms with Crippen LogP contribution >= 0.6 is 11.6 Å². The normalized spacial score (nSPS) is 12.1. The third-order valence-electron chi connectivity index (χ3n) is 5.89. The summed E-state index contributed by atoms with van der Waals surface area (Å²) < 4.78 is 31.7. The molecular formula is C28H31ClN2O5S. The van der Waals surface area contributed by atoms with E-state index in [0.29, 0.717) is 36.6 Å². The third-order valence-corrected chi connectivity index (χ3v) is 7.90. The predicted molar refractivity (Wildman–Crippen MR) is 144 cm³/mol. The number of ether oxygens (including phenoxy) is 1. The van der Waals surface area contributed by atoms with Crippen LogP contribution in [0.1, 0.15) is 41.4 Å². The van der Waals surface area contributed by atoms with Crippen LogP contribution in [0.5, 0.6) is 0 Å². The van der Waals surface area contributed by atoms with Crippen LogP contribution < -0.4 is 5.32 Å². The van der Waals surface area contributed by atoms with Crippen LogP contribution in [0.2, 0.25) is 5.02 Å². The van der Waals surface area contributed by atoms with E-state index in [4.69, 9.17) is 16.3 Å². The Morgan fingerprint density at radius 3 is 2.35 bits per heavy atom. The number of benzene rings is 3. The molecule has 1 atom stereocenters. The van der Waals surface area contributed by atoms with Gasteiger partial charge in [-0.05, 0) is 73.5 Å².